The molecule has 2 heterocycles. The van der Waals surface area contributed by atoms with Gasteiger partial charge in [-0.1, -0.05) is 29.4 Å². The minimum Gasteiger partial charge on any atom is -0.448 e. The van der Waals surface area contributed by atoms with Crippen molar-refractivity contribution in [2.75, 3.05) is 18.5 Å². The first-order chi connectivity index (χ1) is 13.6. The minimum atomic E-state index is -0.470. The molecule has 1 aromatic heterocycles. The molecule has 142 valence electrons. The highest BCUT2D eigenvalue weighted by atomic mass is 19.1. The van der Waals surface area contributed by atoms with E-state index in [0.717, 1.165) is 5.56 Å². The number of halogens is 1. The van der Waals surface area contributed by atoms with Crippen molar-refractivity contribution in [1.29, 1.82) is 0 Å². The van der Waals surface area contributed by atoms with Gasteiger partial charge in [0.1, 0.15) is 12.4 Å². The lowest BCUT2D eigenvalue weighted by atomic mass is 10.1. The van der Waals surface area contributed by atoms with Gasteiger partial charge < -0.3 is 19.5 Å². The Morgan fingerprint density at radius 2 is 1.96 bits per heavy atom. The van der Waals surface area contributed by atoms with E-state index < -0.39 is 11.7 Å². The van der Waals surface area contributed by atoms with E-state index in [-0.39, 0.29) is 23.1 Å². The fourth-order valence-corrected chi connectivity index (χ4v) is 2.85. The summed E-state index contributed by atoms with van der Waals surface area (Å²) in [5, 5.41) is 6.42. The van der Waals surface area contributed by atoms with Crippen molar-refractivity contribution < 1.29 is 23.2 Å². The molecule has 8 heteroatoms. The van der Waals surface area contributed by atoms with Gasteiger partial charge in [0.2, 0.25) is 0 Å². The third-order valence-electron chi connectivity index (χ3n) is 4.31. The molecular weight excluding hydrogens is 365 g/mol. The van der Waals surface area contributed by atoms with Gasteiger partial charge in [-0.3, -0.25) is 4.79 Å². The van der Waals surface area contributed by atoms with Crippen LogP contribution in [0.1, 0.15) is 16.1 Å². The Kier molecular flexibility index (Phi) is 4.76. The maximum Gasteiger partial charge on any atom is 0.410 e. The Morgan fingerprint density at radius 3 is 2.68 bits per heavy atom. The summed E-state index contributed by atoms with van der Waals surface area (Å²) < 4.78 is 23.8. The van der Waals surface area contributed by atoms with Gasteiger partial charge in [-0.2, -0.15) is 0 Å². The number of aromatic nitrogens is 1. The Morgan fingerprint density at radius 1 is 1.18 bits per heavy atom. The molecule has 0 saturated carbocycles. The van der Waals surface area contributed by atoms with Gasteiger partial charge in [-0.25, -0.2) is 9.18 Å². The lowest BCUT2D eigenvalue weighted by Gasteiger charge is -2.12. The van der Waals surface area contributed by atoms with Crippen LogP contribution in [0.4, 0.5) is 14.9 Å². The van der Waals surface area contributed by atoms with Crippen molar-refractivity contribution in [3.05, 3.63) is 71.7 Å². The normalized spacial score (nSPS) is 13.5. The van der Waals surface area contributed by atoms with E-state index in [4.69, 9.17) is 9.26 Å². The second-order valence-corrected chi connectivity index (χ2v) is 6.24. The first-order valence-electron chi connectivity index (χ1n) is 8.64. The van der Waals surface area contributed by atoms with Gasteiger partial charge in [0.15, 0.2) is 11.5 Å². The zero-order valence-electron chi connectivity index (χ0n) is 14.7. The molecule has 2 aromatic carbocycles. The molecule has 3 aromatic rings. The minimum absolute atomic E-state index is 0.0436. The first-order valence-corrected chi connectivity index (χ1v) is 8.64. The SMILES string of the molecule is O=C(Nc1ccc(CN2CCOC2=O)cc1)c1cc(-c2ccccc2F)on1. The molecule has 1 saturated heterocycles. The summed E-state index contributed by atoms with van der Waals surface area (Å²) in [6, 6.07) is 14.6. The largest absolute Gasteiger partial charge is 0.448 e. The molecule has 0 bridgehead atoms. The van der Waals surface area contributed by atoms with Crippen LogP contribution in [0.15, 0.2) is 59.1 Å². The van der Waals surface area contributed by atoms with E-state index in [9.17, 15) is 14.0 Å². The fourth-order valence-electron chi connectivity index (χ4n) is 2.85. The lowest BCUT2D eigenvalue weighted by Crippen LogP contribution is -2.23. The Hall–Kier alpha value is -3.68. The lowest BCUT2D eigenvalue weighted by molar-refractivity contribution is 0.101. The summed E-state index contributed by atoms with van der Waals surface area (Å²) in [4.78, 5) is 25.4. The zero-order valence-corrected chi connectivity index (χ0v) is 14.7. The predicted octanol–water partition coefficient (Wildman–Crippen LogP) is 3.69. The molecule has 28 heavy (non-hydrogen) atoms. The maximum atomic E-state index is 13.8. The number of cyclic esters (lactones) is 1. The molecule has 0 aliphatic carbocycles. The predicted molar refractivity (Wildman–Crippen MR) is 98.1 cm³/mol. The molecule has 0 spiro atoms. The molecule has 1 aliphatic rings. The van der Waals surface area contributed by atoms with Crippen molar-refractivity contribution >= 4 is 17.7 Å². The van der Waals surface area contributed by atoms with E-state index in [1.807, 2.05) is 12.1 Å². The van der Waals surface area contributed by atoms with Crippen LogP contribution in [-0.2, 0) is 11.3 Å². The molecule has 0 atom stereocenters. The molecule has 1 aliphatic heterocycles. The van der Waals surface area contributed by atoms with Gasteiger partial charge in [0, 0.05) is 18.3 Å². The third-order valence-corrected chi connectivity index (χ3v) is 4.31. The van der Waals surface area contributed by atoms with Crippen molar-refractivity contribution in [3.63, 3.8) is 0 Å². The highest BCUT2D eigenvalue weighted by Crippen LogP contribution is 2.23. The zero-order chi connectivity index (χ0) is 19.5. The summed E-state index contributed by atoms with van der Waals surface area (Å²) in [6.07, 6.45) is -0.325. The number of ether oxygens (including phenoxy) is 1. The standard InChI is InChI=1S/C20H16FN3O4/c21-16-4-2-1-3-15(16)18-11-17(23-28-18)19(25)22-14-7-5-13(6-8-14)12-24-9-10-27-20(24)26/h1-8,11H,9-10,12H2,(H,22,25). The number of hydrogen-bond donors (Lipinski definition) is 1. The van der Waals surface area contributed by atoms with Crippen LogP contribution in [0, 0.1) is 5.82 Å². The molecule has 2 amide bonds. The van der Waals surface area contributed by atoms with E-state index >= 15 is 0 Å². The Balaban J connectivity index is 1.41. The highest BCUT2D eigenvalue weighted by molar-refractivity contribution is 6.03. The monoisotopic (exact) mass is 381 g/mol. The van der Waals surface area contributed by atoms with Crippen LogP contribution in [0.2, 0.25) is 0 Å². The van der Waals surface area contributed by atoms with Crippen molar-refractivity contribution in [2.24, 2.45) is 0 Å². The van der Waals surface area contributed by atoms with E-state index in [2.05, 4.69) is 10.5 Å². The summed E-state index contributed by atoms with van der Waals surface area (Å²) in [5.41, 5.74) is 1.76. The number of rotatable bonds is 5. The van der Waals surface area contributed by atoms with E-state index in [0.29, 0.717) is 25.4 Å². The van der Waals surface area contributed by atoms with Gasteiger partial charge in [-0.05, 0) is 29.8 Å². The van der Waals surface area contributed by atoms with Crippen LogP contribution < -0.4 is 5.32 Å². The van der Waals surface area contributed by atoms with E-state index in [1.165, 1.54) is 12.1 Å². The Labute approximate surface area is 159 Å². The summed E-state index contributed by atoms with van der Waals surface area (Å²) in [6.45, 7) is 1.41. The molecule has 0 radical (unpaired) electrons. The number of carbonyl (C=O) groups excluding carboxylic acids is 2. The number of nitrogens with one attached hydrogen (secondary N) is 1. The summed E-state index contributed by atoms with van der Waals surface area (Å²) >= 11 is 0. The van der Waals surface area contributed by atoms with Crippen LogP contribution in [0.5, 0.6) is 0 Å². The smallest absolute Gasteiger partial charge is 0.410 e. The van der Waals surface area contributed by atoms with Crippen LogP contribution >= 0.6 is 0 Å². The quantitative estimate of drug-likeness (QED) is 0.729. The van der Waals surface area contributed by atoms with E-state index in [1.54, 1.807) is 35.2 Å². The molecule has 1 N–H and O–H groups in total. The third kappa shape index (κ3) is 3.71. The summed E-state index contributed by atoms with van der Waals surface area (Å²) in [7, 11) is 0. The van der Waals surface area contributed by atoms with Crippen LogP contribution in [-0.4, -0.2) is 35.2 Å². The topological polar surface area (TPSA) is 84.7 Å². The van der Waals surface area contributed by atoms with Crippen molar-refractivity contribution in [1.82, 2.24) is 10.1 Å². The van der Waals surface area contributed by atoms with Gasteiger partial charge in [0.25, 0.3) is 5.91 Å². The fraction of sp³-hybridized carbons (Fsp3) is 0.150. The molecule has 4 rings (SSSR count). The molecule has 7 nitrogen and oxygen atoms in total. The number of amides is 2. The van der Waals surface area contributed by atoms with Crippen molar-refractivity contribution in [2.45, 2.75) is 6.54 Å². The summed E-state index contributed by atoms with van der Waals surface area (Å²) in [5.74, 6) is -0.749. The average Bonchev–Trinajstić information content (AvgIpc) is 3.33. The van der Waals surface area contributed by atoms with Crippen molar-refractivity contribution in [3.8, 4) is 11.3 Å². The number of carbonyl (C=O) groups is 2. The number of hydrogen-bond acceptors (Lipinski definition) is 5. The van der Waals surface area contributed by atoms with Gasteiger partial charge in [-0.15, -0.1) is 0 Å². The molecule has 0 unspecified atom stereocenters. The second-order valence-electron chi connectivity index (χ2n) is 6.24. The van der Waals surface area contributed by atoms with Crippen LogP contribution in [0.25, 0.3) is 11.3 Å². The maximum absolute atomic E-state index is 13.8. The second kappa shape index (κ2) is 7.51. The molecule has 1 fully saturated rings. The highest BCUT2D eigenvalue weighted by Gasteiger charge is 2.21. The number of nitrogens with zero attached hydrogens (tertiary/aromatic N) is 2. The Bertz CT molecular complexity index is 1020. The van der Waals surface area contributed by atoms with Crippen LogP contribution in [0.3, 0.4) is 0 Å². The number of anilines is 1. The van der Waals surface area contributed by atoms with Gasteiger partial charge in [0.05, 0.1) is 12.1 Å². The number of benzene rings is 2. The van der Waals surface area contributed by atoms with Gasteiger partial charge >= 0.3 is 6.09 Å². The average molecular weight is 381 g/mol. The first kappa shape index (κ1) is 17.7. The molecular formula is C20H16FN3O4.